The van der Waals surface area contributed by atoms with Crippen LogP contribution in [0.5, 0.6) is 0 Å². The summed E-state index contributed by atoms with van der Waals surface area (Å²) in [7, 11) is 0. The molecule has 0 spiro atoms. The molecule has 0 radical (unpaired) electrons. The first-order valence-corrected chi connectivity index (χ1v) is 8.30. The molecule has 124 valence electrons. The molecule has 0 aliphatic rings. The van der Waals surface area contributed by atoms with Crippen LogP contribution in [0.25, 0.3) is 10.8 Å². The van der Waals surface area contributed by atoms with E-state index >= 15 is 0 Å². The number of anilines is 2. The van der Waals surface area contributed by atoms with Crippen molar-refractivity contribution in [1.82, 2.24) is 10.6 Å². The highest BCUT2D eigenvalue weighted by Crippen LogP contribution is 2.29. The van der Waals surface area contributed by atoms with Crippen LogP contribution in [0.1, 0.15) is 0 Å². The molecule has 2 aromatic rings. The van der Waals surface area contributed by atoms with E-state index in [9.17, 15) is 0 Å². The molecular weight excluding hydrogens is 336 g/mol. The molecular formula is C18H20N4S2. The van der Waals surface area contributed by atoms with Crippen molar-refractivity contribution >= 4 is 56.8 Å². The van der Waals surface area contributed by atoms with E-state index in [1.54, 1.807) is 12.2 Å². The van der Waals surface area contributed by atoms with E-state index in [1.165, 1.54) is 0 Å². The number of benzene rings is 2. The normalized spacial score (nSPS) is 9.83. The van der Waals surface area contributed by atoms with Gasteiger partial charge in [0.1, 0.15) is 0 Å². The van der Waals surface area contributed by atoms with Crippen molar-refractivity contribution in [3.8, 4) is 0 Å². The van der Waals surface area contributed by atoms with E-state index in [4.69, 9.17) is 24.4 Å². The molecule has 0 bridgehead atoms. The second-order valence-electron chi connectivity index (χ2n) is 4.95. The average Bonchev–Trinajstić information content (AvgIpc) is 2.59. The Morgan fingerprint density at radius 1 is 0.792 bits per heavy atom. The number of thiocarbonyl (C=S) groups is 2. The minimum absolute atomic E-state index is 0.559. The van der Waals surface area contributed by atoms with Crippen LogP contribution in [-0.2, 0) is 0 Å². The standard InChI is InChI=1S/C18H20N4S2/c1-3-11-19-17(23)21-15-9-5-8-14-13(15)7-6-10-16(14)22-18(24)20-12-4-2/h3-10H,1-2,11-12H2,(H2,19,21,23)(H2,20,22,24). The molecule has 2 rings (SSSR count). The van der Waals surface area contributed by atoms with E-state index in [0.29, 0.717) is 23.3 Å². The molecule has 4 N–H and O–H groups in total. The Hall–Kier alpha value is -2.44. The molecule has 2 aromatic carbocycles. The number of nitrogens with one attached hydrogen (secondary N) is 4. The summed E-state index contributed by atoms with van der Waals surface area (Å²) >= 11 is 10.6. The number of fused-ring (bicyclic) bond motifs is 1. The molecule has 0 amide bonds. The van der Waals surface area contributed by atoms with Crippen LogP contribution in [-0.4, -0.2) is 23.3 Å². The van der Waals surface area contributed by atoms with Gasteiger partial charge in [0.15, 0.2) is 10.2 Å². The third kappa shape index (κ3) is 4.78. The van der Waals surface area contributed by atoms with Crippen molar-refractivity contribution in [3.63, 3.8) is 0 Å². The van der Waals surface area contributed by atoms with Gasteiger partial charge in [0.05, 0.1) is 0 Å². The van der Waals surface area contributed by atoms with E-state index < -0.39 is 0 Å². The number of hydrogen-bond acceptors (Lipinski definition) is 2. The SMILES string of the molecule is C=CCNC(=S)Nc1cccc2c(NC(=S)NCC=C)cccc12. The van der Waals surface area contributed by atoms with Crippen LogP contribution in [0.15, 0.2) is 61.7 Å². The van der Waals surface area contributed by atoms with Crippen LogP contribution >= 0.6 is 24.4 Å². The van der Waals surface area contributed by atoms with E-state index in [0.717, 1.165) is 22.1 Å². The molecule has 0 atom stereocenters. The van der Waals surface area contributed by atoms with Gasteiger partial charge in [-0.05, 0) is 36.6 Å². The van der Waals surface area contributed by atoms with Crippen molar-refractivity contribution < 1.29 is 0 Å². The van der Waals surface area contributed by atoms with Gasteiger partial charge in [-0.15, -0.1) is 13.2 Å². The van der Waals surface area contributed by atoms with Gasteiger partial charge in [-0.25, -0.2) is 0 Å². The topological polar surface area (TPSA) is 48.1 Å². The Morgan fingerprint density at radius 3 is 1.58 bits per heavy atom. The summed E-state index contributed by atoms with van der Waals surface area (Å²) in [5, 5.41) is 15.8. The fraction of sp³-hybridized carbons (Fsp3) is 0.111. The molecule has 0 aliphatic heterocycles. The minimum atomic E-state index is 0.559. The number of hydrogen-bond donors (Lipinski definition) is 4. The summed E-state index contributed by atoms with van der Waals surface area (Å²) in [6.07, 6.45) is 3.52. The zero-order valence-corrected chi connectivity index (χ0v) is 14.9. The first kappa shape index (κ1) is 17.9. The third-order valence-electron chi connectivity index (χ3n) is 3.23. The summed E-state index contributed by atoms with van der Waals surface area (Å²) in [5.41, 5.74) is 1.87. The molecule has 24 heavy (non-hydrogen) atoms. The van der Waals surface area contributed by atoms with Crippen molar-refractivity contribution in [1.29, 1.82) is 0 Å². The zero-order valence-electron chi connectivity index (χ0n) is 13.3. The molecule has 0 heterocycles. The van der Waals surface area contributed by atoms with E-state index in [-0.39, 0.29) is 0 Å². The van der Waals surface area contributed by atoms with Gasteiger partial charge in [0, 0.05) is 35.2 Å². The van der Waals surface area contributed by atoms with Crippen LogP contribution in [0.2, 0.25) is 0 Å². The lowest BCUT2D eigenvalue weighted by molar-refractivity contribution is 1.06. The Bertz CT molecular complexity index is 705. The second kappa shape index (κ2) is 9.00. The highest BCUT2D eigenvalue weighted by molar-refractivity contribution is 7.80. The first-order chi connectivity index (χ1) is 11.7. The van der Waals surface area contributed by atoms with Crippen molar-refractivity contribution in [3.05, 3.63) is 61.7 Å². The van der Waals surface area contributed by atoms with Gasteiger partial charge >= 0.3 is 0 Å². The van der Waals surface area contributed by atoms with Gasteiger partial charge in [0.25, 0.3) is 0 Å². The van der Waals surface area contributed by atoms with Crippen molar-refractivity contribution in [2.24, 2.45) is 0 Å². The van der Waals surface area contributed by atoms with Gasteiger partial charge in [-0.3, -0.25) is 0 Å². The van der Waals surface area contributed by atoms with Gasteiger partial charge < -0.3 is 21.3 Å². The van der Waals surface area contributed by atoms with Gasteiger partial charge in [-0.1, -0.05) is 36.4 Å². The second-order valence-corrected chi connectivity index (χ2v) is 5.77. The maximum Gasteiger partial charge on any atom is 0.171 e. The largest absolute Gasteiger partial charge is 0.359 e. The maximum absolute atomic E-state index is 5.29. The summed E-state index contributed by atoms with van der Waals surface area (Å²) in [6.45, 7) is 8.57. The van der Waals surface area contributed by atoms with Crippen LogP contribution < -0.4 is 21.3 Å². The lowest BCUT2D eigenvalue weighted by Gasteiger charge is -2.15. The summed E-state index contributed by atoms with van der Waals surface area (Å²) in [6, 6.07) is 12.0. The average molecular weight is 357 g/mol. The highest BCUT2D eigenvalue weighted by Gasteiger charge is 2.07. The lowest BCUT2D eigenvalue weighted by atomic mass is 10.1. The minimum Gasteiger partial charge on any atom is -0.359 e. The fourth-order valence-electron chi connectivity index (χ4n) is 2.19. The Balaban J connectivity index is 2.25. The van der Waals surface area contributed by atoms with E-state index in [2.05, 4.69) is 34.4 Å². The monoisotopic (exact) mass is 356 g/mol. The maximum atomic E-state index is 5.29. The quantitative estimate of drug-likeness (QED) is 0.467. The molecule has 6 heteroatoms. The lowest BCUT2D eigenvalue weighted by Crippen LogP contribution is -2.28. The Morgan fingerprint density at radius 2 is 1.21 bits per heavy atom. The summed E-state index contributed by atoms with van der Waals surface area (Å²) in [5.74, 6) is 0. The van der Waals surface area contributed by atoms with Gasteiger partial charge in [-0.2, -0.15) is 0 Å². The first-order valence-electron chi connectivity index (χ1n) is 7.49. The summed E-state index contributed by atoms with van der Waals surface area (Å²) in [4.78, 5) is 0. The molecule has 0 aliphatic carbocycles. The number of rotatable bonds is 6. The molecule has 4 nitrogen and oxygen atoms in total. The molecule has 0 aromatic heterocycles. The van der Waals surface area contributed by atoms with Crippen LogP contribution in [0.3, 0.4) is 0 Å². The molecule has 0 fully saturated rings. The Labute approximate surface area is 153 Å². The van der Waals surface area contributed by atoms with E-state index in [1.807, 2.05) is 36.4 Å². The molecule has 0 saturated carbocycles. The van der Waals surface area contributed by atoms with Crippen LogP contribution in [0, 0.1) is 0 Å². The van der Waals surface area contributed by atoms with Crippen molar-refractivity contribution in [2.45, 2.75) is 0 Å². The molecule has 0 saturated heterocycles. The fourth-order valence-corrected chi connectivity index (χ4v) is 2.58. The predicted octanol–water partition coefficient (Wildman–Crippen LogP) is 3.78. The van der Waals surface area contributed by atoms with Crippen LogP contribution in [0.4, 0.5) is 11.4 Å². The van der Waals surface area contributed by atoms with Gasteiger partial charge in [0.2, 0.25) is 0 Å². The highest BCUT2D eigenvalue weighted by atomic mass is 32.1. The smallest absolute Gasteiger partial charge is 0.171 e. The molecule has 0 unspecified atom stereocenters. The summed E-state index contributed by atoms with van der Waals surface area (Å²) < 4.78 is 0. The zero-order chi connectivity index (χ0) is 17.4. The predicted molar refractivity (Wildman–Crippen MR) is 113 cm³/mol. The van der Waals surface area contributed by atoms with Crippen molar-refractivity contribution in [2.75, 3.05) is 23.7 Å². The Kier molecular flexibility index (Phi) is 6.72. The third-order valence-corrected chi connectivity index (χ3v) is 3.73.